The zero-order valence-corrected chi connectivity index (χ0v) is 13.0. The maximum absolute atomic E-state index is 14.3. The summed E-state index contributed by atoms with van der Waals surface area (Å²) in [5.41, 5.74) is 6.20. The van der Waals surface area contributed by atoms with E-state index in [0.717, 1.165) is 17.6 Å². The second-order valence-electron chi connectivity index (χ2n) is 5.88. The number of carbonyl (C=O) groups excluding carboxylic acids is 1. The molecular weight excluding hydrogens is 297 g/mol. The first-order valence-electron chi connectivity index (χ1n) is 7.79. The van der Waals surface area contributed by atoms with Gasteiger partial charge < -0.3 is 10.6 Å². The number of benzene rings is 1. The molecule has 23 heavy (non-hydrogen) atoms. The molecular formula is C16H20FN5O. The van der Waals surface area contributed by atoms with Crippen LogP contribution in [0.25, 0.3) is 5.69 Å². The summed E-state index contributed by atoms with van der Waals surface area (Å²) >= 11 is 0. The predicted molar refractivity (Wildman–Crippen MR) is 83.6 cm³/mol. The third-order valence-electron chi connectivity index (χ3n) is 4.45. The second kappa shape index (κ2) is 6.45. The lowest BCUT2D eigenvalue weighted by molar-refractivity contribution is 0.0531. The number of piperidine rings is 1. The van der Waals surface area contributed by atoms with Gasteiger partial charge in [0.05, 0.1) is 18.0 Å². The van der Waals surface area contributed by atoms with Crippen LogP contribution in [0.2, 0.25) is 0 Å². The number of rotatable bonds is 3. The van der Waals surface area contributed by atoms with Gasteiger partial charge >= 0.3 is 0 Å². The van der Waals surface area contributed by atoms with Crippen LogP contribution in [0.15, 0.2) is 30.6 Å². The van der Waals surface area contributed by atoms with E-state index in [9.17, 15) is 9.18 Å². The highest BCUT2D eigenvalue weighted by molar-refractivity contribution is 5.98. The minimum atomic E-state index is -0.526. The quantitative estimate of drug-likeness (QED) is 0.933. The molecule has 0 radical (unpaired) electrons. The molecule has 1 aromatic heterocycles. The van der Waals surface area contributed by atoms with Gasteiger partial charge in [0.15, 0.2) is 5.82 Å². The van der Waals surface area contributed by atoms with Crippen LogP contribution < -0.4 is 5.73 Å². The largest absolute Gasteiger partial charge is 0.334 e. The molecule has 1 amide bonds. The van der Waals surface area contributed by atoms with Crippen molar-refractivity contribution < 1.29 is 9.18 Å². The zero-order chi connectivity index (χ0) is 16.4. The van der Waals surface area contributed by atoms with E-state index in [1.165, 1.54) is 24.5 Å². The summed E-state index contributed by atoms with van der Waals surface area (Å²) in [5, 5.41) is 7.92. The second-order valence-corrected chi connectivity index (χ2v) is 5.88. The van der Waals surface area contributed by atoms with Crippen molar-refractivity contribution in [2.24, 2.45) is 11.7 Å². The molecule has 1 fully saturated rings. The summed E-state index contributed by atoms with van der Waals surface area (Å²) in [5.74, 6) is -0.419. The van der Waals surface area contributed by atoms with Gasteiger partial charge in [-0.15, -0.1) is 4.80 Å². The number of aromatic nitrogens is 3. The van der Waals surface area contributed by atoms with Crippen LogP contribution in [-0.4, -0.2) is 44.9 Å². The minimum absolute atomic E-state index is 0.0297. The standard InChI is InChI=1S/C16H20FN5O/c1-11-4-3-9-21(14(11)10-18)16(23)12-5-2-6-13(17)15(12)22-19-7-8-20-22/h2,5-8,11,14H,3-4,9-10,18H2,1H3. The Kier molecular flexibility index (Phi) is 4.38. The van der Waals surface area contributed by atoms with E-state index in [1.54, 1.807) is 11.0 Å². The van der Waals surface area contributed by atoms with Gasteiger partial charge in [0.2, 0.25) is 0 Å². The van der Waals surface area contributed by atoms with Crippen molar-refractivity contribution in [3.8, 4) is 5.69 Å². The first-order chi connectivity index (χ1) is 11.1. The van der Waals surface area contributed by atoms with E-state index in [1.807, 2.05) is 0 Å². The molecule has 1 aliphatic heterocycles. The lowest BCUT2D eigenvalue weighted by Crippen LogP contribution is -2.51. The molecule has 7 heteroatoms. The third-order valence-corrected chi connectivity index (χ3v) is 4.45. The summed E-state index contributed by atoms with van der Waals surface area (Å²) in [6, 6.07) is 4.41. The average Bonchev–Trinajstić information content (AvgIpc) is 3.07. The Bertz CT molecular complexity index is 688. The first-order valence-corrected chi connectivity index (χ1v) is 7.79. The van der Waals surface area contributed by atoms with Crippen molar-refractivity contribution in [3.63, 3.8) is 0 Å². The van der Waals surface area contributed by atoms with E-state index in [0.29, 0.717) is 19.0 Å². The fourth-order valence-electron chi connectivity index (χ4n) is 3.24. The van der Waals surface area contributed by atoms with Gasteiger partial charge in [0.25, 0.3) is 5.91 Å². The Hall–Kier alpha value is -2.28. The molecule has 2 atom stereocenters. The molecule has 0 bridgehead atoms. The Balaban J connectivity index is 2.01. The third kappa shape index (κ3) is 2.84. The molecule has 2 unspecified atom stereocenters. The van der Waals surface area contributed by atoms with Gasteiger partial charge in [-0.1, -0.05) is 13.0 Å². The molecule has 3 rings (SSSR count). The number of nitrogens with zero attached hydrogens (tertiary/aromatic N) is 4. The van der Waals surface area contributed by atoms with Gasteiger partial charge in [-0.05, 0) is 30.9 Å². The lowest BCUT2D eigenvalue weighted by atomic mass is 9.90. The Labute approximate surface area is 134 Å². The van der Waals surface area contributed by atoms with Crippen molar-refractivity contribution in [3.05, 3.63) is 42.0 Å². The number of para-hydroxylation sites is 1. The lowest BCUT2D eigenvalue weighted by Gasteiger charge is -2.39. The van der Waals surface area contributed by atoms with Gasteiger partial charge in [-0.2, -0.15) is 10.2 Å². The van der Waals surface area contributed by atoms with Crippen molar-refractivity contribution in [2.45, 2.75) is 25.8 Å². The molecule has 6 nitrogen and oxygen atoms in total. The van der Waals surface area contributed by atoms with Gasteiger partial charge in [0, 0.05) is 19.1 Å². The van der Waals surface area contributed by atoms with Crippen LogP contribution in [0.5, 0.6) is 0 Å². The van der Waals surface area contributed by atoms with E-state index < -0.39 is 5.82 Å². The van der Waals surface area contributed by atoms with E-state index >= 15 is 0 Å². The number of halogens is 1. The van der Waals surface area contributed by atoms with Crippen LogP contribution in [0.1, 0.15) is 30.1 Å². The number of carbonyl (C=O) groups is 1. The highest BCUT2D eigenvalue weighted by atomic mass is 19.1. The van der Waals surface area contributed by atoms with Crippen LogP contribution in [-0.2, 0) is 0 Å². The number of likely N-dealkylation sites (tertiary alicyclic amines) is 1. The van der Waals surface area contributed by atoms with E-state index in [2.05, 4.69) is 17.1 Å². The summed E-state index contributed by atoms with van der Waals surface area (Å²) in [6.45, 7) is 3.13. The molecule has 2 aromatic rings. The monoisotopic (exact) mass is 317 g/mol. The zero-order valence-electron chi connectivity index (χ0n) is 13.0. The molecule has 122 valence electrons. The van der Waals surface area contributed by atoms with Gasteiger partial charge in [-0.3, -0.25) is 4.79 Å². The molecule has 2 heterocycles. The Morgan fingerprint density at radius 2 is 2.13 bits per heavy atom. The van der Waals surface area contributed by atoms with Gasteiger partial charge in [-0.25, -0.2) is 4.39 Å². The molecule has 2 N–H and O–H groups in total. The average molecular weight is 317 g/mol. The first kappa shape index (κ1) is 15.6. The maximum atomic E-state index is 14.3. The topological polar surface area (TPSA) is 77.0 Å². The molecule has 0 aliphatic carbocycles. The van der Waals surface area contributed by atoms with Crippen LogP contribution in [0.3, 0.4) is 0 Å². The Morgan fingerprint density at radius 1 is 1.39 bits per heavy atom. The highest BCUT2D eigenvalue weighted by Gasteiger charge is 2.33. The van der Waals surface area contributed by atoms with Crippen molar-refractivity contribution in [1.82, 2.24) is 19.9 Å². The van der Waals surface area contributed by atoms with Crippen molar-refractivity contribution in [2.75, 3.05) is 13.1 Å². The van der Waals surface area contributed by atoms with Crippen LogP contribution >= 0.6 is 0 Å². The van der Waals surface area contributed by atoms with Crippen molar-refractivity contribution in [1.29, 1.82) is 0 Å². The summed E-state index contributed by atoms with van der Waals surface area (Å²) in [7, 11) is 0. The number of nitrogens with two attached hydrogens (primary N) is 1. The molecule has 1 saturated heterocycles. The predicted octanol–water partition coefficient (Wildman–Crippen LogP) is 1.61. The fraction of sp³-hybridized carbons (Fsp3) is 0.438. The Morgan fingerprint density at radius 3 is 2.83 bits per heavy atom. The van der Waals surface area contributed by atoms with Gasteiger partial charge in [0.1, 0.15) is 5.69 Å². The summed E-state index contributed by atoms with van der Waals surface area (Å²) in [4.78, 5) is 15.9. The molecule has 1 aromatic carbocycles. The number of hydrogen-bond acceptors (Lipinski definition) is 4. The summed E-state index contributed by atoms with van der Waals surface area (Å²) in [6.07, 6.45) is 4.87. The number of hydrogen-bond donors (Lipinski definition) is 1. The normalized spacial score (nSPS) is 21.4. The molecule has 0 spiro atoms. The maximum Gasteiger partial charge on any atom is 0.256 e. The highest BCUT2D eigenvalue weighted by Crippen LogP contribution is 2.26. The fourth-order valence-corrected chi connectivity index (χ4v) is 3.24. The SMILES string of the molecule is CC1CCCN(C(=O)c2cccc(F)c2-n2nccn2)C1CN. The van der Waals surface area contributed by atoms with E-state index in [4.69, 9.17) is 5.73 Å². The van der Waals surface area contributed by atoms with Crippen LogP contribution in [0, 0.1) is 11.7 Å². The molecule has 0 saturated carbocycles. The smallest absolute Gasteiger partial charge is 0.256 e. The molecule has 1 aliphatic rings. The van der Waals surface area contributed by atoms with Crippen molar-refractivity contribution >= 4 is 5.91 Å². The van der Waals surface area contributed by atoms with Crippen LogP contribution in [0.4, 0.5) is 4.39 Å². The summed E-state index contributed by atoms with van der Waals surface area (Å²) < 4.78 is 14.3. The van der Waals surface area contributed by atoms with E-state index in [-0.39, 0.29) is 23.2 Å². The number of amides is 1. The minimum Gasteiger partial charge on any atom is -0.334 e.